The highest BCUT2D eigenvalue weighted by atomic mass is 19.2. The molecule has 0 heterocycles. The zero-order valence-electron chi connectivity index (χ0n) is 11.3. The van der Waals surface area contributed by atoms with Gasteiger partial charge in [0.15, 0.2) is 11.6 Å². The second-order valence-electron chi connectivity index (χ2n) is 4.66. The van der Waals surface area contributed by atoms with Gasteiger partial charge in [0.05, 0.1) is 5.69 Å². The number of halogens is 3. The van der Waals surface area contributed by atoms with E-state index in [0.29, 0.717) is 6.07 Å². The van der Waals surface area contributed by atoms with Gasteiger partial charge in [-0.15, -0.1) is 0 Å². The van der Waals surface area contributed by atoms with Crippen molar-refractivity contribution in [1.29, 1.82) is 0 Å². The van der Waals surface area contributed by atoms with Gasteiger partial charge < -0.3 is 10.2 Å². The predicted octanol–water partition coefficient (Wildman–Crippen LogP) is 3.78. The number of hydrogen-bond acceptors (Lipinski definition) is 2. The Morgan fingerprint density at radius 1 is 1.00 bits per heavy atom. The van der Waals surface area contributed by atoms with Crippen LogP contribution in [0.4, 0.5) is 24.5 Å². The molecule has 0 bridgehead atoms. The Kier molecular flexibility index (Phi) is 4.17. The average Bonchev–Trinajstić information content (AvgIpc) is 2.41. The average molecular weight is 280 g/mol. The predicted molar refractivity (Wildman–Crippen MR) is 74.4 cm³/mol. The minimum atomic E-state index is -1.20. The van der Waals surface area contributed by atoms with Gasteiger partial charge in [-0.25, -0.2) is 13.2 Å². The zero-order valence-corrected chi connectivity index (χ0v) is 11.3. The van der Waals surface area contributed by atoms with Crippen LogP contribution < -0.4 is 10.2 Å². The lowest BCUT2D eigenvalue weighted by molar-refractivity contribution is 0.497. The van der Waals surface area contributed by atoms with E-state index in [-0.39, 0.29) is 12.2 Å². The molecule has 0 aliphatic rings. The van der Waals surface area contributed by atoms with Crippen molar-refractivity contribution in [1.82, 2.24) is 0 Å². The molecule has 0 aromatic heterocycles. The minimum absolute atomic E-state index is 0.181. The first-order valence-corrected chi connectivity index (χ1v) is 6.12. The van der Waals surface area contributed by atoms with Crippen molar-refractivity contribution >= 4 is 11.4 Å². The van der Waals surface area contributed by atoms with E-state index in [9.17, 15) is 13.2 Å². The van der Waals surface area contributed by atoms with E-state index in [2.05, 4.69) is 5.32 Å². The van der Waals surface area contributed by atoms with Gasteiger partial charge in [-0.1, -0.05) is 12.1 Å². The summed E-state index contributed by atoms with van der Waals surface area (Å²) in [5.41, 5.74) is 1.75. The molecule has 0 amide bonds. The minimum Gasteiger partial charge on any atom is -0.378 e. The normalized spacial score (nSPS) is 10.4. The van der Waals surface area contributed by atoms with Crippen LogP contribution in [0.2, 0.25) is 0 Å². The molecule has 0 spiro atoms. The number of rotatable bonds is 4. The molecule has 0 fully saturated rings. The van der Waals surface area contributed by atoms with Crippen LogP contribution >= 0.6 is 0 Å². The fraction of sp³-hybridized carbons (Fsp3) is 0.200. The van der Waals surface area contributed by atoms with Crippen molar-refractivity contribution in [3.05, 3.63) is 59.4 Å². The molecule has 1 N–H and O–H groups in total. The van der Waals surface area contributed by atoms with Crippen LogP contribution in [-0.2, 0) is 6.54 Å². The SMILES string of the molecule is CN(C)c1ccc(CNc2cc(F)cc(F)c2F)cc1. The molecule has 0 saturated heterocycles. The number of anilines is 2. The Balaban J connectivity index is 2.09. The Labute approximate surface area is 115 Å². The van der Waals surface area contributed by atoms with Crippen molar-refractivity contribution in [2.24, 2.45) is 0 Å². The van der Waals surface area contributed by atoms with E-state index >= 15 is 0 Å². The molecule has 0 radical (unpaired) electrons. The molecule has 2 aromatic rings. The Morgan fingerprint density at radius 3 is 2.25 bits per heavy atom. The summed E-state index contributed by atoms with van der Waals surface area (Å²) in [6.45, 7) is 0.285. The Hall–Kier alpha value is -2.17. The third kappa shape index (κ3) is 3.23. The van der Waals surface area contributed by atoms with Gasteiger partial charge >= 0.3 is 0 Å². The third-order valence-corrected chi connectivity index (χ3v) is 2.93. The summed E-state index contributed by atoms with van der Waals surface area (Å²) in [5.74, 6) is -3.08. The van der Waals surface area contributed by atoms with Gasteiger partial charge in [0.2, 0.25) is 0 Å². The van der Waals surface area contributed by atoms with Crippen molar-refractivity contribution in [3.63, 3.8) is 0 Å². The molecule has 0 aliphatic heterocycles. The quantitative estimate of drug-likeness (QED) is 0.857. The fourth-order valence-corrected chi connectivity index (χ4v) is 1.79. The molecule has 2 rings (SSSR count). The monoisotopic (exact) mass is 280 g/mol. The molecule has 0 unspecified atom stereocenters. The maximum absolute atomic E-state index is 13.4. The van der Waals surface area contributed by atoms with Crippen LogP contribution in [0.5, 0.6) is 0 Å². The maximum Gasteiger partial charge on any atom is 0.182 e. The first kappa shape index (κ1) is 14.2. The highest BCUT2D eigenvalue weighted by Crippen LogP contribution is 2.20. The van der Waals surface area contributed by atoms with Gasteiger partial charge in [0.1, 0.15) is 5.82 Å². The first-order valence-electron chi connectivity index (χ1n) is 6.12. The van der Waals surface area contributed by atoms with Crippen LogP contribution in [0.15, 0.2) is 36.4 Å². The summed E-state index contributed by atoms with van der Waals surface area (Å²) < 4.78 is 39.5. The number of hydrogen-bond donors (Lipinski definition) is 1. The van der Waals surface area contributed by atoms with Crippen LogP contribution in [0.25, 0.3) is 0 Å². The molecule has 0 aliphatic carbocycles. The molecular weight excluding hydrogens is 265 g/mol. The molecule has 106 valence electrons. The van der Waals surface area contributed by atoms with Crippen LogP contribution in [-0.4, -0.2) is 14.1 Å². The van der Waals surface area contributed by atoms with Gasteiger partial charge in [-0.3, -0.25) is 0 Å². The summed E-state index contributed by atoms with van der Waals surface area (Å²) in [6.07, 6.45) is 0. The van der Waals surface area contributed by atoms with E-state index in [1.165, 1.54) is 0 Å². The summed E-state index contributed by atoms with van der Waals surface area (Å²) in [4.78, 5) is 1.96. The van der Waals surface area contributed by atoms with Crippen molar-refractivity contribution in [2.45, 2.75) is 6.54 Å². The Bertz CT molecular complexity index is 595. The maximum atomic E-state index is 13.4. The largest absolute Gasteiger partial charge is 0.378 e. The van der Waals surface area contributed by atoms with Gasteiger partial charge in [-0.05, 0) is 17.7 Å². The highest BCUT2D eigenvalue weighted by Gasteiger charge is 2.10. The van der Waals surface area contributed by atoms with Gasteiger partial charge in [0, 0.05) is 38.5 Å². The third-order valence-electron chi connectivity index (χ3n) is 2.93. The smallest absolute Gasteiger partial charge is 0.182 e. The van der Waals surface area contributed by atoms with Gasteiger partial charge in [0.25, 0.3) is 0 Å². The summed E-state index contributed by atoms with van der Waals surface area (Å²) >= 11 is 0. The molecule has 2 aromatic carbocycles. The molecule has 2 nitrogen and oxygen atoms in total. The van der Waals surface area contributed by atoms with Crippen LogP contribution in [0, 0.1) is 17.5 Å². The van der Waals surface area contributed by atoms with Crippen molar-refractivity contribution in [2.75, 3.05) is 24.3 Å². The topological polar surface area (TPSA) is 15.3 Å². The first-order chi connectivity index (χ1) is 9.47. The van der Waals surface area contributed by atoms with Gasteiger partial charge in [-0.2, -0.15) is 0 Å². The second-order valence-corrected chi connectivity index (χ2v) is 4.66. The second kappa shape index (κ2) is 5.86. The highest BCUT2D eigenvalue weighted by molar-refractivity contribution is 5.48. The summed E-state index contributed by atoms with van der Waals surface area (Å²) in [6, 6.07) is 9.03. The van der Waals surface area contributed by atoms with E-state index < -0.39 is 17.5 Å². The van der Waals surface area contributed by atoms with E-state index in [4.69, 9.17) is 0 Å². The summed E-state index contributed by atoms with van der Waals surface area (Å²) in [5, 5.41) is 2.69. The lowest BCUT2D eigenvalue weighted by Gasteiger charge is -2.13. The van der Waals surface area contributed by atoms with Crippen LogP contribution in [0.1, 0.15) is 5.56 Å². The van der Waals surface area contributed by atoms with Crippen molar-refractivity contribution in [3.8, 4) is 0 Å². The lowest BCUT2D eigenvalue weighted by Crippen LogP contribution is -2.08. The van der Waals surface area contributed by atoms with Crippen molar-refractivity contribution < 1.29 is 13.2 Å². The van der Waals surface area contributed by atoms with E-state index in [0.717, 1.165) is 17.3 Å². The number of nitrogens with one attached hydrogen (secondary N) is 1. The molecule has 5 heteroatoms. The number of benzene rings is 2. The molecule has 20 heavy (non-hydrogen) atoms. The molecular formula is C15H15F3N2. The molecule has 0 atom stereocenters. The standard InChI is InChI=1S/C15H15F3N2/c1-20(2)12-5-3-10(4-6-12)9-19-14-8-11(16)7-13(17)15(14)18/h3-8,19H,9H2,1-2H3. The lowest BCUT2D eigenvalue weighted by atomic mass is 10.2. The Morgan fingerprint density at radius 2 is 1.65 bits per heavy atom. The van der Waals surface area contributed by atoms with E-state index in [1.807, 2.05) is 43.3 Å². The fourth-order valence-electron chi connectivity index (χ4n) is 1.79. The van der Waals surface area contributed by atoms with E-state index in [1.54, 1.807) is 0 Å². The summed E-state index contributed by atoms with van der Waals surface area (Å²) in [7, 11) is 3.86. The number of nitrogens with zero attached hydrogens (tertiary/aromatic N) is 1. The van der Waals surface area contributed by atoms with Crippen LogP contribution in [0.3, 0.4) is 0 Å². The zero-order chi connectivity index (χ0) is 14.7. The molecule has 0 saturated carbocycles.